The fraction of sp³-hybridized carbons (Fsp3) is 0.333. The summed E-state index contributed by atoms with van der Waals surface area (Å²) in [6.45, 7) is 0.317. The quantitative estimate of drug-likeness (QED) is 0.926. The number of hydrogen-bond acceptors (Lipinski definition) is 4. The number of benzene rings is 1. The lowest BCUT2D eigenvalue weighted by Gasteiger charge is -2.11. The predicted octanol–water partition coefficient (Wildman–Crippen LogP) is 3.72. The highest BCUT2D eigenvalue weighted by atomic mass is 35.5. The number of ether oxygens (including phenoxy) is 1. The minimum absolute atomic E-state index is 0.261. The normalized spacial score (nSPS) is 19.6. The summed E-state index contributed by atoms with van der Waals surface area (Å²) < 4.78 is 10.9. The van der Waals surface area contributed by atoms with Crippen molar-refractivity contribution in [1.29, 1.82) is 0 Å². The summed E-state index contributed by atoms with van der Waals surface area (Å²) in [4.78, 5) is 16.5. The third-order valence-electron chi connectivity index (χ3n) is 3.91. The fourth-order valence-corrected chi connectivity index (χ4v) is 3.01. The summed E-state index contributed by atoms with van der Waals surface area (Å²) in [5, 5.41) is 3.72. The number of carbonyl (C=O) groups is 1. The lowest BCUT2D eigenvalue weighted by molar-refractivity contribution is 0.0924. The molecular formula is C15H12Cl2N2O3. The Balaban J connectivity index is 1.57. The molecule has 0 bridgehead atoms. The Bertz CT molecular complexity index is 755. The van der Waals surface area contributed by atoms with Crippen molar-refractivity contribution >= 4 is 29.1 Å². The van der Waals surface area contributed by atoms with Gasteiger partial charge < -0.3 is 14.5 Å². The second-order valence-electron chi connectivity index (χ2n) is 5.46. The SMILES string of the molecule is O=C(NC1COc2c1ccc(Cl)c2Cl)c1ncoc1C1CC1. The Kier molecular flexibility index (Phi) is 3.27. The molecule has 0 radical (unpaired) electrons. The van der Waals surface area contributed by atoms with Gasteiger partial charge in [-0.2, -0.15) is 0 Å². The molecule has 2 aliphatic rings. The summed E-state index contributed by atoms with van der Waals surface area (Å²) >= 11 is 12.1. The maximum Gasteiger partial charge on any atom is 0.274 e. The van der Waals surface area contributed by atoms with Crippen molar-refractivity contribution in [1.82, 2.24) is 10.3 Å². The maximum absolute atomic E-state index is 12.4. The molecule has 22 heavy (non-hydrogen) atoms. The van der Waals surface area contributed by atoms with Gasteiger partial charge in [-0.15, -0.1) is 0 Å². The first-order chi connectivity index (χ1) is 10.6. The number of carbonyl (C=O) groups excluding carboxylic acids is 1. The summed E-state index contributed by atoms with van der Waals surface area (Å²) in [6.07, 6.45) is 3.40. The topological polar surface area (TPSA) is 64.4 Å². The molecule has 7 heteroatoms. The molecule has 2 aromatic rings. The van der Waals surface area contributed by atoms with Crippen LogP contribution in [0.2, 0.25) is 10.0 Å². The number of oxazole rings is 1. The largest absolute Gasteiger partial charge is 0.489 e. The molecule has 1 aliphatic carbocycles. The van der Waals surface area contributed by atoms with Crippen LogP contribution in [0.3, 0.4) is 0 Å². The minimum atomic E-state index is -0.277. The van der Waals surface area contributed by atoms with Crippen LogP contribution in [0.25, 0.3) is 0 Å². The van der Waals surface area contributed by atoms with E-state index in [1.165, 1.54) is 6.39 Å². The molecular weight excluding hydrogens is 327 g/mol. The van der Waals surface area contributed by atoms with Crippen molar-refractivity contribution in [3.05, 3.63) is 45.6 Å². The Morgan fingerprint density at radius 2 is 2.14 bits per heavy atom. The fourth-order valence-electron chi connectivity index (χ4n) is 2.63. The van der Waals surface area contributed by atoms with Crippen LogP contribution in [0.15, 0.2) is 22.9 Å². The van der Waals surface area contributed by atoms with Gasteiger partial charge in [-0.25, -0.2) is 4.98 Å². The summed E-state index contributed by atoms with van der Waals surface area (Å²) in [6, 6.07) is 3.23. The molecule has 1 N–H and O–H groups in total. The second-order valence-corrected chi connectivity index (χ2v) is 6.24. The van der Waals surface area contributed by atoms with Crippen molar-refractivity contribution in [3.8, 4) is 5.75 Å². The molecule has 2 heterocycles. The van der Waals surface area contributed by atoms with Crippen LogP contribution >= 0.6 is 23.2 Å². The molecule has 1 aromatic heterocycles. The van der Waals surface area contributed by atoms with Crippen molar-refractivity contribution < 1.29 is 13.9 Å². The first kappa shape index (κ1) is 13.9. The highest BCUT2D eigenvalue weighted by Gasteiger charge is 2.34. The van der Waals surface area contributed by atoms with Crippen LogP contribution in [0, 0.1) is 0 Å². The third-order valence-corrected chi connectivity index (χ3v) is 4.70. The van der Waals surface area contributed by atoms with E-state index >= 15 is 0 Å². The number of amides is 1. The van der Waals surface area contributed by atoms with Gasteiger partial charge in [0.2, 0.25) is 0 Å². The Morgan fingerprint density at radius 1 is 1.32 bits per heavy atom. The number of rotatable bonds is 3. The number of aromatic nitrogens is 1. The summed E-state index contributed by atoms with van der Waals surface area (Å²) in [5.74, 6) is 1.26. The zero-order valence-electron chi connectivity index (χ0n) is 11.4. The number of halogens is 2. The summed E-state index contributed by atoms with van der Waals surface area (Å²) in [5.41, 5.74) is 1.18. The van der Waals surface area contributed by atoms with Crippen LogP contribution in [-0.4, -0.2) is 17.5 Å². The van der Waals surface area contributed by atoms with Crippen molar-refractivity contribution in [3.63, 3.8) is 0 Å². The van der Waals surface area contributed by atoms with Gasteiger partial charge in [0.15, 0.2) is 12.1 Å². The molecule has 5 nitrogen and oxygen atoms in total. The van der Waals surface area contributed by atoms with E-state index < -0.39 is 0 Å². The third kappa shape index (κ3) is 2.25. The van der Waals surface area contributed by atoms with Crippen molar-refractivity contribution in [2.45, 2.75) is 24.8 Å². The first-order valence-corrected chi connectivity index (χ1v) is 7.75. The second kappa shape index (κ2) is 5.18. The van der Waals surface area contributed by atoms with Crippen LogP contribution in [-0.2, 0) is 0 Å². The van der Waals surface area contributed by atoms with Crippen LogP contribution in [0.4, 0.5) is 0 Å². The molecule has 1 unspecified atom stereocenters. The average Bonchev–Trinajstić information content (AvgIpc) is 3.09. The highest BCUT2D eigenvalue weighted by Crippen LogP contribution is 2.43. The van der Waals surface area contributed by atoms with E-state index in [2.05, 4.69) is 10.3 Å². The number of fused-ring (bicyclic) bond motifs is 1. The molecule has 1 aromatic carbocycles. The van der Waals surface area contributed by atoms with Crippen molar-refractivity contribution in [2.24, 2.45) is 0 Å². The van der Waals surface area contributed by atoms with Crippen LogP contribution < -0.4 is 10.1 Å². The van der Waals surface area contributed by atoms with Gasteiger partial charge in [0.1, 0.15) is 23.1 Å². The van der Waals surface area contributed by atoms with Gasteiger partial charge in [0, 0.05) is 11.5 Å². The van der Waals surface area contributed by atoms with Crippen LogP contribution in [0.1, 0.15) is 46.6 Å². The molecule has 1 aliphatic heterocycles. The Morgan fingerprint density at radius 3 is 2.91 bits per heavy atom. The molecule has 1 saturated carbocycles. The van der Waals surface area contributed by atoms with E-state index in [9.17, 15) is 4.79 Å². The predicted molar refractivity (Wildman–Crippen MR) is 80.6 cm³/mol. The number of nitrogens with zero attached hydrogens (tertiary/aromatic N) is 1. The smallest absolute Gasteiger partial charge is 0.274 e. The van der Waals surface area contributed by atoms with Gasteiger partial charge >= 0.3 is 0 Å². The molecule has 114 valence electrons. The van der Waals surface area contributed by atoms with E-state index in [-0.39, 0.29) is 11.9 Å². The molecule has 0 spiro atoms. The van der Waals surface area contributed by atoms with E-state index in [1.54, 1.807) is 6.07 Å². The standard InChI is InChI=1S/C15H12Cl2N2O3/c16-9-4-3-8-10(5-21-14(8)11(9)17)19-15(20)12-13(7-1-2-7)22-6-18-12/h3-4,6-7,10H,1-2,5H2,(H,19,20). The number of nitrogens with one attached hydrogen (secondary N) is 1. The summed E-state index contributed by atoms with van der Waals surface area (Å²) in [7, 11) is 0. The van der Waals surface area contributed by atoms with Gasteiger partial charge in [-0.3, -0.25) is 4.79 Å². The minimum Gasteiger partial charge on any atom is -0.489 e. The lowest BCUT2D eigenvalue weighted by atomic mass is 10.1. The van der Waals surface area contributed by atoms with E-state index in [4.69, 9.17) is 32.4 Å². The van der Waals surface area contributed by atoms with E-state index in [0.29, 0.717) is 39.8 Å². The molecule has 1 amide bonds. The van der Waals surface area contributed by atoms with Crippen molar-refractivity contribution in [2.75, 3.05) is 6.61 Å². The van der Waals surface area contributed by atoms with E-state index in [0.717, 1.165) is 18.4 Å². The van der Waals surface area contributed by atoms with E-state index in [1.807, 2.05) is 6.07 Å². The average molecular weight is 339 g/mol. The van der Waals surface area contributed by atoms with Gasteiger partial charge in [0.25, 0.3) is 5.91 Å². The maximum atomic E-state index is 12.4. The molecule has 4 rings (SSSR count). The Labute approximate surface area is 136 Å². The molecule has 1 fully saturated rings. The van der Waals surface area contributed by atoms with Gasteiger partial charge in [-0.05, 0) is 18.9 Å². The first-order valence-electron chi connectivity index (χ1n) is 7.00. The molecule has 1 atom stereocenters. The van der Waals surface area contributed by atoms with Crippen LogP contribution in [0.5, 0.6) is 5.75 Å². The van der Waals surface area contributed by atoms with Gasteiger partial charge in [0.05, 0.1) is 11.1 Å². The zero-order chi connectivity index (χ0) is 15.3. The monoisotopic (exact) mass is 338 g/mol. The number of hydrogen-bond donors (Lipinski definition) is 1. The Hall–Kier alpha value is -1.72. The zero-order valence-corrected chi connectivity index (χ0v) is 12.9. The highest BCUT2D eigenvalue weighted by molar-refractivity contribution is 6.43. The molecule has 0 saturated heterocycles. The lowest BCUT2D eigenvalue weighted by Crippen LogP contribution is -2.30. The van der Waals surface area contributed by atoms with Gasteiger partial charge in [-0.1, -0.05) is 29.3 Å².